The number of carbonyl (C=O) groups excluding carboxylic acids is 1. The summed E-state index contributed by atoms with van der Waals surface area (Å²) in [7, 11) is 2.09. The summed E-state index contributed by atoms with van der Waals surface area (Å²) >= 11 is 0. The predicted octanol–water partition coefficient (Wildman–Crippen LogP) is 1.09. The van der Waals surface area contributed by atoms with Crippen molar-refractivity contribution in [3.8, 4) is 0 Å². The molecule has 1 atom stereocenters. The topological polar surface area (TPSA) is 23.6 Å². The summed E-state index contributed by atoms with van der Waals surface area (Å²) in [6.07, 6.45) is 3.26. The van der Waals surface area contributed by atoms with Crippen molar-refractivity contribution in [1.29, 1.82) is 0 Å². The lowest BCUT2D eigenvalue weighted by atomic mass is 9.95. The summed E-state index contributed by atoms with van der Waals surface area (Å²) in [6, 6.07) is 0.357. The van der Waals surface area contributed by atoms with Crippen LogP contribution in [0, 0.1) is 0 Å². The first-order valence-electron chi connectivity index (χ1n) is 5.60. The molecule has 2 aliphatic heterocycles. The molecule has 0 aliphatic carbocycles. The van der Waals surface area contributed by atoms with E-state index in [0.717, 1.165) is 25.9 Å². The van der Waals surface area contributed by atoms with Crippen molar-refractivity contribution >= 4 is 5.91 Å². The van der Waals surface area contributed by atoms with Crippen LogP contribution in [0.1, 0.15) is 33.1 Å². The van der Waals surface area contributed by atoms with Crippen molar-refractivity contribution in [2.75, 3.05) is 20.1 Å². The average molecular weight is 196 g/mol. The third-order valence-electron chi connectivity index (χ3n) is 3.86. The summed E-state index contributed by atoms with van der Waals surface area (Å²) in [5.74, 6) is 0.368. The third kappa shape index (κ3) is 1.18. The molecule has 0 radical (unpaired) electrons. The summed E-state index contributed by atoms with van der Waals surface area (Å²) < 4.78 is 0. The first-order valence-corrected chi connectivity index (χ1v) is 5.60. The molecular weight excluding hydrogens is 176 g/mol. The highest BCUT2D eigenvalue weighted by atomic mass is 16.2. The number of hydrogen-bond donors (Lipinski definition) is 0. The number of likely N-dealkylation sites (tertiary alicyclic amines) is 2. The van der Waals surface area contributed by atoms with Gasteiger partial charge in [0.25, 0.3) is 0 Å². The molecule has 0 saturated carbocycles. The van der Waals surface area contributed by atoms with Crippen molar-refractivity contribution in [2.24, 2.45) is 0 Å². The molecule has 0 N–H and O–H groups in total. The molecule has 0 aromatic rings. The maximum absolute atomic E-state index is 12.3. The summed E-state index contributed by atoms with van der Waals surface area (Å²) in [5.41, 5.74) is -0.121. The maximum Gasteiger partial charge on any atom is 0.243 e. The van der Waals surface area contributed by atoms with Crippen molar-refractivity contribution in [1.82, 2.24) is 9.80 Å². The Morgan fingerprint density at radius 2 is 2.00 bits per heavy atom. The normalized spacial score (nSPS) is 34.0. The van der Waals surface area contributed by atoms with E-state index in [-0.39, 0.29) is 5.54 Å². The van der Waals surface area contributed by atoms with Crippen LogP contribution in [0.3, 0.4) is 0 Å². The molecule has 2 saturated heterocycles. The van der Waals surface area contributed by atoms with Gasteiger partial charge in [-0.25, -0.2) is 0 Å². The van der Waals surface area contributed by atoms with E-state index in [1.165, 1.54) is 6.42 Å². The highest BCUT2D eigenvalue weighted by Gasteiger charge is 2.51. The second-order valence-corrected chi connectivity index (χ2v) is 4.90. The Morgan fingerprint density at radius 1 is 1.29 bits per heavy atom. The van der Waals surface area contributed by atoms with E-state index in [1.54, 1.807) is 0 Å². The fraction of sp³-hybridized carbons (Fsp3) is 0.909. The van der Waals surface area contributed by atoms with Crippen LogP contribution in [0.4, 0.5) is 0 Å². The van der Waals surface area contributed by atoms with Gasteiger partial charge in [-0.05, 0) is 46.7 Å². The van der Waals surface area contributed by atoms with E-state index in [4.69, 9.17) is 0 Å². The van der Waals surface area contributed by atoms with Crippen LogP contribution in [-0.4, -0.2) is 47.4 Å². The van der Waals surface area contributed by atoms with Crippen molar-refractivity contribution in [3.05, 3.63) is 0 Å². The lowest BCUT2D eigenvalue weighted by Gasteiger charge is -2.31. The highest BCUT2D eigenvalue weighted by Crippen LogP contribution is 2.38. The Morgan fingerprint density at radius 3 is 2.43 bits per heavy atom. The lowest BCUT2D eigenvalue weighted by Crippen LogP contribution is -2.49. The Bertz CT molecular complexity index is 252. The van der Waals surface area contributed by atoms with Crippen LogP contribution in [-0.2, 0) is 4.79 Å². The Balaban J connectivity index is 2.20. The summed E-state index contributed by atoms with van der Waals surface area (Å²) in [4.78, 5) is 16.6. The molecule has 2 fully saturated rings. The molecule has 0 unspecified atom stereocenters. The number of carbonyl (C=O) groups is 1. The monoisotopic (exact) mass is 196 g/mol. The van der Waals surface area contributed by atoms with Crippen LogP contribution < -0.4 is 0 Å². The molecule has 2 rings (SSSR count). The molecule has 0 aromatic carbocycles. The highest BCUT2D eigenvalue weighted by molar-refractivity contribution is 5.89. The second kappa shape index (κ2) is 3.23. The lowest BCUT2D eigenvalue weighted by molar-refractivity contribution is -0.137. The Labute approximate surface area is 86.1 Å². The van der Waals surface area contributed by atoms with Gasteiger partial charge in [-0.1, -0.05) is 0 Å². The minimum absolute atomic E-state index is 0.121. The molecule has 3 nitrogen and oxygen atoms in total. The van der Waals surface area contributed by atoms with Crippen LogP contribution in [0.15, 0.2) is 0 Å². The molecule has 1 amide bonds. The Kier molecular flexibility index (Phi) is 2.30. The molecule has 80 valence electrons. The van der Waals surface area contributed by atoms with E-state index in [9.17, 15) is 4.79 Å². The number of hydrogen-bond acceptors (Lipinski definition) is 2. The number of nitrogens with zero attached hydrogens (tertiary/aromatic N) is 2. The van der Waals surface area contributed by atoms with E-state index < -0.39 is 0 Å². The fourth-order valence-corrected chi connectivity index (χ4v) is 2.87. The van der Waals surface area contributed by atoms with Gasteiger partial charge in [0.1, 0.15) is 5.54 Å². The molecule has 1 spiro atoms. The molecule has 0 aromatic heterocycles. The maximum atomic E-state index is 12.3. The van der Waals surface area contributed by atoms with E-state index in [1.807, 2.05) is 4.90 Å². The van der Waals surface area contributed by atoms with Gasteiger partial charge in [-0.3, -0.25) is 9.69 Å². The number of amides is 1. The summed E-state index contributed by atoms with van der Waals surface area (Å²) in [6.45, 7) is 6.23. The predicted molar refractivity (Wildman–Crippen MR) is 56.1 cm³/mol. The van der Waals surface area contributed by atoms with Gasteiger partial charge in [0.2, 0.25) is 5.91 Å². The average Bonchev–Trinajstić information content (AvgIpc) is 2.62. The van der Waals surface area contributed by atoms with Crippen molar-refractivity contribution < 1.29 is 4.79 Å². The standard InChI is InChI=1S/C11H20N2O/c1-9(2)13-8-6-11(10(13)14)5-4-7-12(11)3/h9H,4-8H2,1-3H3/t11-/m0/s1. The molecule has 3 heteroatoms. The smallest absolute Gasteiger partial charge is 0.243 e. The first-order chi connectivity index (χ1) is 6.58. The van der Waals surface area contributed by atoms with E-state index >= 15 is 0 Å². The zero-order valence-corrected chi connectivity index (χ0v) is 9.42. The SMILES string of the molecule is CC(C)N1CC[C@@]2(CCCN2C)C1=O. The van der Waals surface area contributed by atoms with Gasteiger partial charge in [0.05, 0.1) is 0 Å². The van der Waals surface area contributed by atoms with Crippen LogP contribution in [0.25, 0.3) is 0 Å². The van der Waals surface area contributed by atoms with Crippen LogP contribution in [0.5, 0.6) is 0 Å². The quantitative estimate of drug-likeness (QED) is 0.627. The second-order valence-electron chi connectivity index (χ2n) is 4.90. The molecular formula is C11H20N2O. The van der Waals surface area contributed by atoms with Gasteiger partial charge in [-0.2, -0.15) is 0 Å². The minimum atomic E-state index is -0.121. The first kappa shape index (κ1) is 9.97. The largest absolute Gasteiger partial charge is 0.339 e. The molecule has 2 aliphatic rings. The summed E-state index contributed by atoms with van der Waals surface area (Å²) in [5, 5.41) is 0. The van der Waals surface area contributed by atoms with Crippen LogP contribution >= 0.6 is 0 Å². The number of likely N-dealkylation sites (N-methyl/N-ethyl adjacent to an activating group) is 1. The van der Waals surface area contributed by atoms with Gasteiger partial charge >= 0.3 is 0 Å². The number of rotatable bonds is 1. The molecule has 0 bridgehead atoms. The third-order valence-corrected chi connectivity index (χ3v) is 3.86. The van der Waals surface area contributed by atoms with Gasteiger partial charge in [0.15, 0.2) is 0 Å². The van der Waals surface area contributed by atoms with Gasteiger partial charge in [0, 0.05) is 12.6 Å². The minimum Gasteiger partial charge on any atom is -0.339 e. The van der Waals surface area contributed by atoms with Gasteiger partial charge < -0.3 is 4.90 Å². The van der Waals surface area contributed by atoms with E-state index in [2.05, 4.69) is 25.8 Å². The Hall–Kier alpha value is -0.570. The van der Waals surface area contributed by atoms with Crippen molar-refractivity contribution in [3.63, 3.8) is 0 Å². The molecule has 2 heterocycles. The fourth-order valence-electron chi connectivity index (χ4n) is 2.87. The van der Waals surface area contributed by atoms with Gasteiger partial charge in [-0.15, -0.1) is 0 Å². The molecule has 14 heavy (non-hydrogen) atoms. The zero-order valence-electron chi connectivity index (χ0n) is 9.42. The van der Waals surface area contributed by atoms with E-state index in [0.29, 0.717) is 11.9 Å². The van der Waals surface area contributed by atoms with Crippen LogP contribution in [0.2, 0.25) is 0 Å². The van der Waals surface area contributed by atoms with Crippen molar-refractivity contribution in [2.45, 2.75) is 44.7 Å². The zero-order chi connectivity index (χ0) is 10.3.